The minimum absolute atomic E-state index is 0.513. The number of rotatable bonds is 4. The van der Waals surface area contributed by atoms with Gasteiger partial charge in [-0.2, -0.15) is 0 Å². The van der Waals surface area contributed by atoms with Crippen LogP contribution in [0.3, 0.4) is 0 Å². The van der Waals surface area contributed by atoms with E-state index in [1.807, 2.05) is 11.3 Å². The second-order valence-electron chi connectivity index (χ2n) is 5.68. The van der Waals surface area contributed by atoms with E-state index in [0.717, 1.165) is 6.42 Å². The zero-order valence-electron chi connectivity index (χ0n) is 11.9. The lowest BCUT2D eigenvalue weighted by atomic mass is 10.1. The Morgan fingerprint density at radius 1 is 1.35 bits per heavy atom. The van der Waals surface area contributed by atoms with E-state index < -0.39 is 0 Å². The lowest BCUT2D eigenvalue weighted by Crippen LogP contribution is -2.30. The Bertz CT molecular complexity index is 605. The molecule has 1 N–H and O–H groups in total. The van der Waals surface area contributed by atoms with Gasteiger partial charge in [0.25, 0.3) is 0 Å². The van der Waals surface area contributed by atoms with E-state index in [1.165, 1.54) is 38.2 Å². The highest BCUT2D eigenvalue weighted by Crippen LogP contribution is 2.36. The number of hydrogen-bond acceptors (Lipinski definition) is 2. The summed E-state index contributed by atoms with van der Waals surface area (Å²) in [5.41, 5.74) is 2.97. The zero-order valence-corrected chi connectivity index (χ0v) is 14.4. The van der Waals surface area contributed by atoms with E-state index in [9.17, 15) is 0 Å². The van der Waals surface area contributed by atoms with Crippen molar-refractivity contribution in [3.05, 3.63) is 55.7 Å². The van der Waals surface area contributed by atoms with Gasteiger partial charge in [0.1, 0.15) is 0 Å². The van der Waals surface area contributed by atoms with Gasteiger partial charge in [-0.1, -0.05) is 28.1 Å². The molecule has 2 aromatic rings. The third kappa shape index (κ3) is 3.00. The molecule has 0 aliphatic heterocycles. The summed E-state index contributed by atoms with van der Waals surface area (Å²) in [5.74, 6) is 0. The summed E-state index contributed by atoms with van der Waals surface area (Å²) in [6.07, 6.45) is 3.52. The molecule has 3 heteroatoms. The number of fused-ring (bicyclic) bond motifs is 1. The number of thiophene rings is 1. The maximum atomic E-state index is 3.81. The minimum atomic E-state index is 0.513. The van der Waals surface area contributed by atoms with E-state index in [-0.39, 0.29) is 0 Å². The topological polar surface area (TPSA) is 12.0 Å². The first-order chi connectivity index (χ1) is 9.63. The Kier molecular flexibility index (Phi) is 4.29. The van der Waals surface area contributed by atoms with Crippen molar-refractivity contribution in [2.24, 2.45) is 0 Å². The smallest absolute Gasteiger partial charge is 0.0328 e. The number of nitrogens with one attached hydrogen (secondary N) is 1. The Balaban J connectivity index is 1.66. The average Bonchev–Trinajstić information content (AvgIpc) is 2.98. The first-order valence-electron chi connectivity index (χ1n) is 7.22. The molecule has 0 fully saturated rings. The Morgan fingerprint density at radius 2 is 2.20 bits per heavy atom. The van der Waals surface area contributed by atoms with Gasteiger partial charge in [-0.15, -0.1) is 11.3 Å². The van der Waals surface area contributed by atoms with Gasteiger partial charge >= 0.3 is 0 Å². The molecule has 2 unspecified atom stereocenters. The summed E-state index contributed by atoms with van der Waals surface area (Å²) in [5, 5.41) is 3.81. The number of aryl methyl sites for hydroxylation is 1. The van der Waals surface area contributed by atoms with Crippen LogP contribution in [0.5, 0.6) is 0 Å². The van der Waals surface area contributed by atoms with Crippen LogP contribution >= 0.6 is 27.3 Å². The normalized spacial score (nSPS) is 19.1. The summed E-state index contributed by atoms with van der Waals surface area (Å²) in [6.45, 7) is 4.47. The monoisotopic (exact) mass is 349 g/mol. The molecule has 3 rings (SSSR count). The van der Waals surface area contributed by atoms with Crippen LogP contribution in [0.25, 0.3) is 0 Å². The first kappa shape index (κ1) is 14.3. The number of hydrogen-bond donors (Lipinski definition) is 1. The first-order valence-corrected chi connectivity index (χ1v) is 8.83. The predicted octanol–water partition coefficient (Wildman–Crippen LogP) is 5.03. The molecule has 106 valence electrons. The highest BCUT2D eigenvalue weighted by Gasteiger charge is 2.24. The minimum Gasteiger partial charge on any atom is -0.307 e. The predicted molar refractivity (Wildman–Crippen MR) is 90.6 cm³/mol. The van der Waals surface area contributed by atoms with E-state index >= 15 is 0 Å². The molecule has 0 amide bonds. The lowest BCUT2D eigenvalue weighted by molar-refractivity contribution is 0.453. The molecule has 20 heavy (non-hydrogen) atoms. The van der Waals surface area contributed by atoms with Crippen LogP contribution in [-0.2, 0) is 12.8 Å². The highest BCUT2D eigenvalue weighted by molar-refractivity contribution is 9.10. The molecule has 0 spiro atoms. The fraction of sp³-hybridized carbons (Fsp3) is 0.412. The Labute approximate surface area is 133 Å². The van der Waals surface area contributed by atoms with Gasteiger partial charge in [0.05, 0.1) is 0 Å². The lowest BCUT2D eigenvalue weighted by Gasteiger charge is -2.20. The van der Waals surface area contributed by atoms with Crippen molar-refractivity contribution in [1.82, 2.24) is 5.32 Å². The third-order valence-electron chi connectivity index (χ3n) is 4.00. The largest absolute Gasteiger partial charge is 0.307 e. The fourth-order valence-electron chi connectivity index (χ4n) is 3.08. The van der Waals surface area contributed by atoms with Crippen LogP contribution in [0.1, 0.15) is 40.3 Å². The van der Waals surface area contributed by atoms with Crippen molar-refractivity contribution >= 4 is 27.3 Å². The summed E-state index contributed by atoms with van der Waals surface area (Å²) >= 11 is 5.59. The molecule has 0 bridgehead atoms. The molecule has 2 atom stereocenters. The van der Waals surface area contributed by atoms with Crippen LogP contribution in [-0.4, -0.2) is 6.04 Å². The van der Waals surface area contributed by atoms with Gasteiger partial charge < -0.3 is 5.32 Å². The highest BCUT2D eigenvalue weighted by atomic mass is 79.9. The van der Waals surface area contributed by atoms with Crippen molar-refractivity contribution in [3.8, 4) is 0 Å². The van der Waals surface area contributed by atoms with Crippen LogP contribution in [0, 0.1) is 6.92 Å². The quantitative estimate of drug-likeness (QED) is 0.816. The molecule has 1 aromatic heterocycles. The van der Waals surface area contributed by atoms with Crippen LogP contribution < -0.4 is 5.32 Å². The van der Waals surface area contributed by atoms with Crippen LogP contribution in [0.15, 0.2) is 34.8 Å². The molecule has 1 nitrogen and oxygen atoms in total. The molecule has 0 radical (unpaired) electrons. The van der Waals surface area contributed by atoms with E-state index in [0.29, 0.717) is 12.1 Å². The molecule has 0 saturated carbocycles. The standard InChI is InChI=1S/C17H20BrNS/c1-11(10-13-7-6-12(2)20-13)19-17-9-8-14-15(17)4-3-5-16(14)18/h3-7,11,17,19H,8-10H2,1-2H3. The molecular weight excluding hydrogens is 330 g/mol. The maximum Gasteiger partial charge on any atom is 0.0328 e. The van der Waals surface area contributed by atoms with Crippen molar-refractivity contribution in [1.29, 1.82) is 0 Å². The summed E-state index contributed by atoms with van der Waals surface area (Å²) in [4.78, 5) is 2.89. The molecule has 1 heterocycles. The van der Waals surface area contributed by atoms with Crippen molar-refractivity contribution in [3.63, 3.8) is 0 Å². The van der Waals surface area contributed by atoms with Crippen molar-refractivity contribution in [2.75, 3.05) is 0 Å². The van der Waals surface area contributed by atoms with Gasteiger partial charge in [-0.25, -0.2) is 0 Å². The molecular formula is C17H20BrNS. The summed E-state index contributed by atoms with van der Waals surface area (Å²) in [7, 11) is 0. The van der Waals surface area contributed by atoms with Crippen LogP contribution in [0.4, 0.5) is 0 Å². The fourth-order valence-corrected chi connectivity index (χ4v) is 4.68. The van der Waals surface area contributed by atoms with E-state index in [4.69, 9.17) is 0 Å². The summed E-state index contributed by atoms with van der Waals surface area (Å²) < 4.78 is 1.26. The van der Waals surface area contributed by atoms with E-state index in [1.54, 1.807) is 0 Å². The van der Waals surface area contributed by atoms with Crippen molar-refractivity contribution in [2.45, 2.75) is 45.2 Å². The zero-order chi connectivity index (χ0) is 14.1. The second-order valence-corrected chi connectivity index (χ2v) is 7.91. The van der Waals surface area contributed by atoms with Crippen molar-refractivity contribution < 1.29 is 0 Å². The SMILES string of the molecule is Cc1ccc(CC(C)NC2CCc3c(Br)cccc32)s1. The third-order valence-corrected chi connectivity index (χ3v) is 5.77. The van der Waals surface area contributed by atoms with E-state index in [2.05, 4.69) is 65.4 Å². The average molecular weight is 350 g/mol. The molecule has 1 aliphatic carbocycles. The maximum absolute atomic E-state index is 3.81. The van der Waals surface area contributed by atoms with Gasteiger partial charge in [-0.05, 0) is 62.4 Å². The second kappa shape index (κ2) is 6.00. The Morgan fingerprint density at radius 3 is 2.95 bits per heavy atom. The molecule has 0 saturated heterocycles. The van der Waals surface area contributed by atoms with Gasteiger partial charge in [0.2, 0.25) is 0 Å². The number of benzene rings is 1. The summed E-state index contributed by atoms with van der Waals surface area (Å²) in [6, 6.07) is 12.1. The molecule has 1 aromatic carbocycles. The van der Waals surface area contributed by atoms with Gasteiger partial charge in [0, 0.05) is 26.3 Å². The molecule has 1 aliphatic rings. The Hall–Kier alpha value is -0.640. The van der Waals surface area contributed by atoms with Crippen LogP contribution in [0.2, 0.25) is 0 Å². The number of halogens is 1. The van der Waals surface area contributed by atoms with Gasteiger partial charge in [0.15, 0.2) is 0 Å². The van der Waals surface area contributed by atoms with Gasteiger partial charge in [-0.3, -0.25) is 0 Å².